The van der Waals surface area contributed by atoms with Gasteiger partial charge in [-0.15, -0.1) is 0 Å². The monoisotopic (exact) mass is 216 g/mol. The molecule has 1 aromatic heterocycles. The van der Waals surface area contributed by atoms with Gasteiger partial charge in [0.15, 0.2) is 5.76 Å². The second kappa shape index (κ2) is 2.79. The summed E-state index contributed by atoms with van der Waals surface area (Å²) in [6.45, 7) is 1.90. The number of aryl methyl sites for hydroxylation is 1. The smallest absolute Gasteiger partial charge is 0.201 e. The molecule has 4 rings (SSSR count). The lowest BCUT2D eigenvalue weighted by Gasteiger charge is -2.05. The van der Waals surface area contributed by atoms with Crippen molar-refractivity contribution in [2.45, 2.75) is 26.2 Å². The quantitative estimate of drug-likeness (QED) is 0.711. The Morgan fingerprint density at radius 1 is 1.25 bits per heavy atom. The van der Waals surface area contributed by atoms with Crippen molar-refractivity contribution in [3.63, 3.8) is 0 Å². The summed E-state index contributed by atoms with van der Waals surface area (Å²) >= 11 is 0. The highest BCUT2D eigenvalue weighted by atomic mass is 16.3. The molecule has 3 fully saturated rings. The Hall–Kier alpha value is -1.05. The molecule has 3 aliphatic carbocycles. The van der Waals surface area contributed by atoms with Gasteiger partial charge in [-0.05, 0) is 62.0 Å². The Kier molecular flexibility index (Phi) is 1.58. The molecule has 0 N–H and O–H groups in total. The summed E-state index contributed by atoms with van der Waals surface area (Å²) in [6, 6.07) is 3.73. The zero-order chi connectivity index (χ0) is 10.9. The Labute approximate surface area is 95.0 Å². The first-order valence-corrected chi connectivity index (χ1v) is 6.36. The van der Waals surface area contributed by atoms with Gasteiger partial charge in [0, 0.05) is 5.92 Å². The molecule has 0 radical (unpaired) electrons. The Morgan fingerprint density at radius 3 is 2.50 bits per heavy atom. The molecule has 0 aliphatic heterocycles. The highest BCUT2D eigenvalue weighted by Crippen LogP contribution is 2.69. The molecule has 2 nitrogen and oxygen atoms in total. The van der Waals surface area contributed by atoms with Crippen LogP contribution in [0.3, 0.4) is 0 Å². The Balaban J connectivity index is 1.59. The molecule has 0 saturated heterocycles. The standard InChI is InChI=1S/C14H16O2/c1-7-2-5-10(16-7)14(15)13-11-8-3-4-9(6-8)12(11)13/h2,5,8-9,11-13H,3-4,6H2,1H3. The van der Waals surface area contributed by atoms with Crippen LogP contribution in [0.1, 0.15) is 35.6 Å². The molecule has 1 heterocycles. The molecular weight excluding hydrogens is 200 g/mol. The van der Waals surface area contributed by atoms with Gasteiger partial charge in [0.2, 0.25) is 5.78 Å². The third-order valence-corrected chi connectivity index (χ3v) is 5.02. The van der Waals surface area contributed by atoms with E-state index in [0.717, 1.165) is 29.4 Å². The van der Waals surface area contributed by atoms with Gasteiger partial charge >= 0.3 is 0 Å². The van der Waals surface area contributed by atoms with Crippen LogP contribution in [0, 0.1) is 36.5 Å². The second-order valence-electron chi connectivity index (χ2n) is 5.79. The van der Waals surface area contributed by atoms with Crippen molar-refractivity contribution in [1.82, 2.24) is 0 Å². The Bertz CT molecular complexity index is 443. The number of carbonyl (C=O) groups excluding carboxylic acids is 1. The summed E-state index contributed by atoms with van der Waals surface area (Å²) in [7, 11) is 0. The van der Waals surface area contributed by atoms with Gasteiger partial charge in [-0.3, -0.25) is 4.79 Å². The van der Waals surface area contributed by atoms with Crippen LogP contribution >= 0.6 is 0 Å². The largest absolute Gasteiger partial charge is 0.458 e. The summed E-state index contributed by atoms with van der Waals surface area (Å²) < 4.78 is 5.45. The summed E-state index contributed by atoms with van der Waals surface area (Å²) in [5, 5.41) is 0. The zero-order valence-corrected chi connectivity index (χ0v) is 9.48. The maximum atomic E-state index is 12.3. The lowest BCUT2D eigenvalue weighted by molar-refractivity contribution is 0.0915. The van der Waals surface area contributed by atoms with Gasteiger partial charge in [0.1, 0.15) is 5.76 Å². The van der Waals surface area contributed by atoms with E-state index in [9.17, 15) is 4.79 Å². The van der Waals surface area contributed by atoms with E-state index < -0.39 is 0 Å². The number of Topliss-reactive ketones (excluding diaryl/α,β-unsaturated/α-hetero) is 1. The molecule has 2 bridgehead atoms. The number of hydrogen-bond acceptors (Lipinski definition) is 2. The van der Waals surface area contributed by atoms with E-state index in [1.807, 2.05) is 19.1 Å². The van der Waals surface area contributed by atoms with Crippen LogP contribution in [0.25, 0.3) is 0 Å². The van der Waals surface area contributed by atoms with Gasteiger partial charge < -0.3 is 4.42 Å². The topological polar surface area (TPSA) is 30.2 Å². The number of hydrogen-bond donors (Lipinski definition) is 0. The minimum atomic E-state index is 0.277. The maximum absolute atomic E-state index is 12.3. The molecular formula is C14H16O2. The number of ketones is 1. The van der Waals surface area contributed by atoms with Crippen LogP contribution in [0.4, 0.5) is 0 Å². The van der Waals surface area contributed by atoms with Gasteiger partial charge in [-0.2, -0.15) is 0 Å². The lowest BCUT2D eigenvalue weighted by Crippen LogP contribution is -2.09. The predicted octanol–water partition coefficient (Wildman–Crippen LogP) is 3.06. The van der Waals surface area contributed by atoms with Crippen LogP contribution in [-0.4, -0.2) is 5.78 Å². The van der Waals surface area contributed by atoms with Crippen molar-refractivity contribution < 1.29 is 9.21 Å². The highest BCUT2D eigenvalue weighted by molar-refractivity contribution is 5.98. The van der Waals surface area contributed by atoms with E-state index in [1.54, 1.807) is 0 Å². The van der Waals surface area contributed by atoms with Crippen molar-refractivity contribution in [3.05, 3.63) is 23.7 Å². The highest BCUT2D eigenvalue weighted by Gasteiger charge is 2.67. The fourth-order valence-electron chi connectivity index (χ4n) is 4.41. The number of carbonyl (C=O) groups is 1. The zero-order valence-electron chi connectivity index (χ0n) is 9.48. The van der Waals surface area contributed by atoms with Gasteiger partial charge in [0.05, 0.1) is 0 Å². The van der Waals surface area contributed by atoms with Crippen molar-refractivity contribution in [1.29, 1.82) is 0 Å². The molecule has 1 aromatic rings. The summed E-state index contributed by atoms with van der Waals surface area (Å²) in [5.74, 6) is 5.19. The van der Waals surface area contributed by atoms with E-state index in [1.165, 1.54) is 19.3 Å². The average Bonchev–Trinajstić information content (AvgIpc) is 2.68. The predicted molar refractivity (Wildman–Crippen MR) is 59.1 cm³/mol. The molecule has 4 unspecified atom stereocenters. The van der Waals surface area contributed by atoms with E-state index in [0.29, 0.717) is 11.7 Å². The number of furan rings is 1. The van der Waals surface area contributed by atoms with E-state index in [2.05, 4.69) is 0 Å². The molecule has 16 heavy (non-hydrogen) atoms. The first-order valence-electron chi connectivity index (χ1n) is 6.36. The molecule has 0 aromatic carbocycles. The van der Waals surface area contributed by atoms with Crippen LogP contribution in [0.15, 0.2) is 16.5 Å². The fraction of sp³-hybridized carbons (Fsp3) is 0.643. The maximum Gasteiger partial charge on any atom is 0.201 e. The number of fused-ring (bicyclic) bond motifs is 5. The van der Waals surface area contributed by atoms with E-state index in [4.69, 9.17) is 4.42 Å². The Morgan fingerprint density at radius 2 is 1.94 bits per heavy atom. The third-order valence-electron chi connectivity index (χ3n) is 5.02. The average molecular weight is 216 g/mol. The van der Waals surface area contributed by atoms with E-state index in [-0.39, 0.29) is 5.78 Å². The minimum Gasteiger partial charge on any atom is -0.458 e. The van der Waals surface area contributed by atoms with Crippen molar-refractivity contribution in [3.8, 4) is 0 Å². The van der Waals surface area contributed by atoms with Crippen LogP contribution in [0.5, 0.6) is 0 Å². The normalized spacial score (nSPS) is 43.4. The summed E-state index contributed by atoms with van der Waals surface area (Å²) in [4.78, 5) is 12.3. The van der Waals surface area contributed by atoms with Crippen molar-refractivity contribution in [2.24, 2.45) is 29.6 Å². The van der Waals surface area contributed by atoms with Gasteiger partial charge in [-0.1, -0.05) is 0 Å². The summed E-state index contributed by atoms with van der Waals surface area (Å²) in [6.07, 6.45) is 4.13. The number of rotatable bonds is 2. The van der Waals surface area contributed by atoms with Gasteiger partial charge in [-0.25, -0.2) is 0 Å². The second-order valence-corrected chi connectivity index (χ2v) is 5.79. The molecule has 0 amide bonds. The molecule has 0 spiro atoms. The molecule has 84 valence electrons. The molecule has 3 saturated carbocycles. The van der Waals surface area contributed by atoms with E-state index >= 15 is 0 Å². The van der Waals surface area contributed by atoms with Gasteiger partial charge in [0.25, 0.3) is 0 Å². The van der Waals surface area contributed by atoms with Crippen LogP contribution < -0.4 is 0 Å². The first-order chi connectivity index (χ1) is 7.75. The SMILES string of the molecule is Cc1ccc(C(=O)C2C3C4CCC(C4)C23)o1. The third kappa shape index (κ3) is 1.00. The fourth-order valence-corrected chi connectivity index (χ4v) is 4.41. The van der Waals surface area contributed by atoms with Crippen molar-refractivity contribution >= 4 is 5.78 Å². The first kappa shape index (κ1) is 9.03. The molecule has 3 aliphatic rings. The van der Waals surface area contributed by atoms with Crippen LogP contribution in [0.2, 0.25) is 0 Å². The van der Waals surface area contributed by atoms with Crippen molar-refractivity contribution in [2.75, 3.05) is 0 Å². The molecule has 2 heteroatoms. The lowest BCUT2D eigenvalue weighted by atomic mass is 9.99. The summed E-state index contributed by atoms with van der Waals surface area (Å²) in [5.41, 5.74) is 0. The molecule has 4 atom stereocenters. The minimum absolute atomic E-state index is 0.277. The van der Waals surface area contributed by atoms with Crippen LogP contribution in [-0.2, 0) is 0 Å².